The van der Waals surface area contributed by atoms with E-state index in [4.69, 9.17) is 5.11 Å². The molecule has 0 fully saturated rings. The molecule has 3 rings (SSSR count). The Bertz CT molecular complexity index is 774. The zero-order chi connectivity index (χ0) is 14.8. The first-order valence-electron chi connectivity index (χ1n) is 6.50. The molecule has 21 heavy (non-hydrogen) atoms. The summed E-state index contributed by atoms with van der Waals surface area (Å²) in [6.45, 7) is 2.16. The van der Waals surface area contributed by atoms with Crippen molar-refractivity contribution in [1.82, 2.24) is 19.3 Å². The average molecular weight is 282 g/mol. The maximum absolute atomic E-state index is 11.2. The van der Waals surface area contributed by atoms with E-state index in [1.165, 1.54) is 6.20 Å². The lowest BCUT2D eigenvalue weighted by Gasteiger charge is -2.05. The standard InChI is InChI=1S/C15H14N4O2/c1-11-16-9-14(15(20)21)18(11)10-12-7-8-19(17-12)13-5-3-2-4-6-13/h2-9H,10H2,1H3,(H,20,21). The van der Waals surface area contributed by atoms with Crippen molar-refractivity contribution >= 4 is 5.97 Å². The van der Waals surface area contributed by atoms with E-state index in [1.807, 2.05) is 42.6 Å². The van der Waals surface area contributed by atoms with Crippen molar-refractivity contribution in [2.75, 3.05) is 0 Å². The van der Waals surface area contributed by atoms with Gasteiger partial charge < -0.3 is 9.67 Å². The lowest BCUT2D eigenvalue weighted by molar-refractivity contribution is 0.0685. The smallest absolute Gasteiger partial charge is 0.354 e. The minimum Gasteiger partial charge on any atom is -0.477 e. The largest absolute Gasteiger partial charge is 0.477 e. The number of aryl methyl sites for hydroxylation is 1. The van der Waals surface area contributed by atoms with Gasteiger partial charge in [0.25, 0.3) is 0 Å². The molecule has 1 aromatic carbocycles. The van der Waals surface area contributed by atoms with Crippen LogP contribution in [0.25, 0.3) is 5.69 Å². The lowest BCUT2D eigenvalue weighted by Crippen LogP contribution is -2.11. The van der Waals surface area contributed by atoms with Crippen molar-refractivity contribution in [2.24, 2.45) is 0 Å². The molecule has 0 amide bonds. The maximum atomic E-state index is 11.2. The number of aromatic nitrogens is 4. The third-order valence-corrected chi connectivity index (χ3v) is 3.26. The first kappa shape index (κ1) is 13.1. The number of benzene rings is 1. The summed E-state index contributed by atoms with van der Waals surface area (Å²) in [5.74, 6) is -0.334. The fourth-order valence-electron chi connectivity index (χ4n) is 2.17. The van der Waals surface area contributed by atoms with Crippen LogP contribution in [0.15, 0.2) is 48.8 Å². The predicted molar refractivity (Wildman–Crippen MR) is 76.6 cm³/mol. The van der Waals surface area contributed by atoms with Crippen LogP contribution >= 0.6 is 0 Å². The number of carboxylic acid groups (broad SMARTS) is 1. The summed E-state index contributed by atoms with van der Waals surface area (Å²) in [5, 5.41) is 13.6. The van der Waals surface area contributed by atoms with Crippen molar-refractivity contribution in [3.8, 4) is 5.69 Å². The van der Waals surface area contributed by atoms with Gasteiger partial charge in [0, 0.05) is 6.20 Å². The van der Waals surface area contributed by atoms with Crippen LogP contribution in [0.1, 0.15) is 22.0 Å². The van der Waals surface area contributed by atoms with Crippen LogP contribution in [0.2, 0.25) is 0 Å². The number of para-hydroxylation sites is 1. The van der Waals surface area contributed by atoms with Gasteiger partial charge in [-0.2, -0.15) is 5.10 Å². The molecule has 106 valence electrons. The molecule has 0 spiro atoms. The summed E-state index contributed by atoms with van der Waals surface area (Å²) in [5.41, 5.74) is 1.91. The van der Waals surface area contributed by atoms with Crippen LogP contribution in [-0.2, 0) is 6.54 Å². The van der Waals surface area contributed by atoms with Gasteiger partial charge >= 0.3 is 5.97 Å². The van der Waals surface area contributed by atoms with E-state index >= 15 is 0 Å². The molecule has 1 N–H and O–H groups in total. The highest BCUT2D eigenvalue weighted by Gasteiger charge is 2.14. The van der Waals surface area contributed by atoms with Crippen LogP contribution in [0.4, 0.5) is 0 Å². The minimum absolute atomic E-state index is 0.168. The molecule has 6 heteroatoms. The fourth-order valence-corrected chi connectivity index (χ4v) is 2.17. The molecule has 0 saturated heterocycles. The fraction of sp³-hybridized carbons (Fsp3) is 0.133. The van der Waals surface area contributed by atoms with E-state index in [2.05, 4.69) is 10.1 Å². The SMILES string of the molecule is Cc1ncc(C(=O)O)n1Cc1ccn(-c2ccccc2)n1. The molecule has 0 aliphatic carbocycles. The minimum atomic E-state index is -0.988. The Hall–Kier alpha value is -2.89. The molecular weight excluding hydrogens is 268 g/mol. The van der Waals surface area contributed by atoms with E-state index in [1.54, 1.807) is 16.2 Å². The monoisotopic (exact) mass is 282 g/mol. The average Bonchev–Trinajstić information content (AvgIpc) is 3.08. The summed E-state index contributed by atoms with van der Waals surface area (Å²) in [4.78, 5) is 15.2. The molecule has 0 saturated carbocycles. The van der Waals surface area contributed by atoms with Gasteiger partial charge in [0.2, 0.25) is 0 Å². The van der Waals surface area contributed by atoms with E-state index in [0.717, 1.165) is 11.4 Å². The van der Waals surface area contributed by atoms with Gasteiger partial charge in [-0.15, -0.1) is 0 Å². The highest BCUT2D eigenvalue weighted by atomic mass is 16.4. The molecular formula is C15H14N4O2. The molecule has 0 radical (unpaired) electrons. The van der Waals surface area contributed by atoms with E-state index in [0.29, 0.717) is 12.4 Å². The van der Waals surface area contributed by atoms with Gasteiger partial charge in [0.1, 0.15) is 11.5 Å². The van der Waals surface area contributed by atoms with Crippen LogP contribution in [-0.4, -0.2) is 30.4 Å². The van der Waals surface area contributed by atoms with Gasteiger partial charge in [-0.3, -0.25) is 0 Å². The summed E-state index contributed by atoms with van der Waals surface area (Å²) < 4.78 is 3.40. The number of imidazole rings is 1. The topological polar surface area (TPSA) is 72.9 Å². The number of hydrogen-bond acceptors (Lipinski definition) is 3. The van der Waals surface area contributed by atoms with Gasteiger partial charge in [0.15, 0.2) is 0 Å². The summed E-state index contributed by atoms with van der Waals surface area (Å²) in [6.07, 6.45) is 3.23. The quantitative estimate of drug-likeness (QED) is 0.795. The van der Waals surface area contributed by atoms with Gasteiger partial charge in [-0.1, -0.05) is 18.2 Å². The van der Waals surface area contributed by atoms with Crippen LogP contribution in [0, 0.1) is 6.92 Å². The number of hydrogen-bond donors (Lipinski definition) is 1. The zero-order valence-corrected chi connectivity index (χ0v) is 11.5. The first-order valence-corrected chi connectivity index (χ1v) is 6.50. The molecule has 0 bridgehead atoms. The Morgan fingerprint density at radius 2 is 2.00 bits per heavy atom. The van der Waals surface area contributed by atoms with Crippen molar-refractivity contribution in [3.05, 3.63) is 66.0 Å². The number of nitrogens with zero attached hydrogens (tertiary/aromatic N) is 4. The van der Waals surface area contributed by atoms with Gasteiger partial charge in [-0.05, 0) is 25.1 Å². The second-order valence-electron chi connectivity index (χ2n) is 4.67. The molecule has 2 heterocycles. The molecule has 6 nitrogen and oxygen atoms in total. The van der Waals surface area contributed by atoms with Gasteiger partial charge in [0.05, 0.1) is 24.1 Å². The van der Waals surface area contributed by atoms with Crippen LogP contribution in [0.5, 0.6) is 0 Å². The van der Waals surface area contributed by atoms with Crippen molar-refractivity contribution in [1.29, 1.82) is 0 Å². The normalized spacial score (nSPS) is 10.7. The molecule has 0 atom stereocenters. The molecule has 0 aliphatic heterocycles. The number of carboxylic acids is 1. The predicted octanol–water partition coefficient (Wildman–Crippen LogP) is 2.12. The van der Waals surface area contributed by atoms with E-state index in [9.17, 15) is 4.79 Å². The Kier molecular flexibility index (Phi) is 3.27. The Morgan fingerprint density at radius 3 is 2.71 bits per heavy atom. The summed E-state index contributed by atoms with van der Waals surface area (Å²) >= 11 is 0. The van der Waals surface area contributed by atoms with Crippen molar-refractivity contribution in [2.45, 2.75) is 13.5 Å². The van der Waals surface area contributed by atoms with E-state index in [-0.39, 0.29) is 5.69 Å². The highest BCUT2D eigenvalue weighted by Crippen LogP contribution is 2.11. The van der Waals surface area contributed by atoms with Crippen molar-refractivity contribution in [3.63, 3.8) is 0 Å². The number of rotatable bonds is 4. The first-order chi connectivity index (χ1) is 10.1. The lowest BCUT2D eigenvalue weighted by atomic mass is 10.3. The highest BCUT2D eigenvalue weighted by molar-refractivity contribution is 5.85. The number of carbonyl (C=O) groups is 1. The van der Waals surface area contributed by atoms with E-state index < -0.39 is 5.97 Å². The molecule has 2 aromatic heterocycles. The summed E-state index contributed by atoms with van der Waals surface area (Å²) in [7, 11) is 0. The summed E-state index contributed by atoms with van der Waals surface area (Å²) in [6, 6.07) is 11.6. The Labute approximate surface area is 121 Å². The second-order valence-corrected chi connectivity index (χ2v) is 4.67. The molecule has 0 aliphatic rings. The third-order valence-electron chi connectivity index (χ3n) is 3.26. The Balaban J connectivity index is 1.89. The molecule has 0 unspecified atom stereocenters. The second kappa shape index (κ2) is 5.24. The van der Waals surface area contributed by atoms with Gasteiger partial charge in [-0.25, -0.2) is 14.5 Å². The van der Waals surface area contributed by atoms with Crippen LogP contribution in [0.3, 0.4) is 0 Å². The van der Waals surface area contributed by atoms with Crippen LogP contribution < -0.4 is 0 Å². The Morgan fingerprint density at radius 1 is 1.24 bits per heavy atom. The third kappa shape index (κ3) is 2.55. The number of aromatic carboxylic acids is 1. The zero-order valence-electron chi connectivity index (χ0n) is 11.5. The maximum Gasteiger partial charge on any atom is 0.354 e. The van der Waals surface area contributed by atoms with Crippen molar-refractivity contribution < 1.29 is 9.90 Å². The molecule has 3 aromatic rings.